The van der Waals surface area contributed by atoms with E-state index < -0.39 is 27.7 Å². The van der Waals surface area contributed by atoms with Crippen molar-refractivity contribution in [2.75, 3.05) is 13.1 Å². The average molecular weight is 288 g/mol. The van der Waals surface area contributed by atoms with Gasteiger partial charge in [-0.15, -0.1) is 0 Å². The minimum Gasteiger partial charge on any atom is -0.481 e. The van der Waals surface area contributed by atoms with Crippen molar-refractivity contribution >= 4 is 16.0 Å². The van der Waals surface area contributed by atoms with Crippen molar-refractivity contribution in [3.05, 3.63) is 24.3 Å². The number of carbonyl (C=O) groups is 1. The van der Waals surface area contributed by atoms with Crippen molar-refractivity contribution in [2.45, 2.75) is 11.8 Å². The van der Waals surface area contributed by atoms with Crippen molar-refractivity contribution in [2.24, 2.45) is 11.8 Å². The Kier molecular flexibility index (Phi) is 3.55. The molecule has 1 aliphatic heterocycles. The Labute approximate surface area is 109 Å². The van der Waals surface area contributed by atoms with Crippen LogP contribution in [0.4, 0.5) is 4.39 Å². The first kappa shape index (κ1) is 13.9. The smallest absolute Gasteiger partial charge is 0.306 e. The lowest BCUT2D eigenvalue weighted by atomic mass is 9.89. The number of carboxylic acid groups (broad SMARTS) is 1. The molecule has 1 fully saturated rings. The Morgan fingerprint density at radius 3 is 2.68 bits per heavy atom. The van der Waals surface area contributed by atoms with E-state index >= 15 is 0 Å². The van der Waals surface area contributed by atoms with Crippen LogP contribution in [0.2, 0.25) is 0 Å². The molecule has 0 spiro atoms. The first-order valence-electron chi connectivity index (χ1n) is 5.66. The molecule has 1 aromatic heterocycles. The number of aliphatic carboxylic acids is 1. The zero-order valence-electron chi connectivity index (χ0n) is 10.2. The molecule has 0 saturated carbocycles. The number of rotatable bonds is 4. The van der Waals surface area contributed by atoms with Crippen LogP contribution in [-0.4, -0.2) is 41.9 Å². The van der Waals surface area contributed by atoms with Gasteiger partial charge in [-0.3, -0.25) is 9.78 Å². The molecule has 0 amide bonds. The molecule has 1 atom stereocenters. The molecule has 1 aromatic rings. The summed E-state index contributed by atoms with van der Waals surface area (Å²) in [7, 11) is -3.78. The molecule has 104 valence electrons. The van der Waals surface area contributed by atoms with Gasteiger partial charge in [0.25, 0.3) is 0 Å². The molecule has 19 heavy (non-hydrogen) atoms. The number of sulfonamides is 1. The summed E-state index contributed by atoms with van der Waals surface area (Å²) in [5.41, 5.74) is 0. The SMILES string of the molecule is CC(C(=O)O)C1CN(S(=O)(=O)c2cncc(F)c2)C1. The summed E-state index contributed by atoms with van der Waals surface area (Å²) in [6.45, 7) is 1.80. The standard InChI is InChI=1S/C11H13FN2O4S/c1-7(11(15)16)8-5-14(6-8)19(17,18)10-2-9(12)3-13-4-10/h2-4,7-8H,5-6H2,1H3,(H,15,16). The largest absolute Gasteiger partial charge is 0.481 e. The van der Waals surface area contributed by atoms with Gasteiger partial charge >= 0.3 is 5.97 Å². The number of halogens is 1. The van der Waals surface area contributed by atoms with Gasteiger partial charge in [0.15, 0.2) is 0 Å². The van der Waals surface area contributed by atoms with Crippen LogP contribution in [0.3, 0.4) is 0 Å². The van der Waals surface area contributed by atoms with Crippen LogP contribution < -0.4 is 0 Å². The van der Waals surface area contributed by atoms with Crippen molar-refractivity contribution in [1.29, 1.82) is 0 Å². The van der Waals surface area contributed by atoms with Crippen molar-refractivity contribution < 1.29 is 22.7 Å². The van der Waals surface area contributed by atoms with Crippen LogP contribution in [0, 0.1) is 17.7 Å². The minimum atomic E-state index is -3.78. The number of carboxylic acids is 1. The summed E-state index contributed by atoms with van der Waals surface area (Å²) in [4.78, 5) is 14.1. The molecule has 2 heterocycles. The van der Waals surface area contributed by atoms with E-state index in [1.54, 1.807) is 6.92 Å². The van der Waals surface area contributed by atoms with Crippen LogP contribution in [0.5, 0.6) is 0 Å². The number of aromatic nitrogens is 1. The highest BCUT2D eigenvalue weighted by Crippen LogP contribution is 2.29. The van der Waals surface area contributed by atoms with Crippen LogP contribution in [-0.2, 0) is 14.8 Å². The molecule has 2 rings (SSSR count). The van der Waals surface area contributed by atoms with Gasteiger partial charge in [-0.05, 0) is 12.0 Å². The second kappa shape index (κ2) is 4.86. The second-order valence-corrected chi connectivity index (χ2v) is 6.49. The van der Waals surface area contributed by atoms with Gasteiger partial charge in [0.1, 0.15) is 10.7 Å². The highest BCUT2D eigenvalue weighted by molar-refractivity contribution is 7.89. The molecule has 1 aliphatic rings. The van der Waals surface area contributed by atoms with Crippen molar-refractivity contribution in [3.8, 4) is 0 Å². The first-order valence-corrected chi connectivity index (χ1v) is 7.10. The van der Waals surface area contributed by atoms with Crippen molar-refractivity contribution in [1.82, 2.24) is 9.29 Å². The number of pyridine rings is 1. The van der Waals surface area contributed by atoms with Crippen LogP contribution in [0.25, 0.3) is 0 Å². The summed E-state index contributed by atoms with van der Waals surface area (Å²) < 4.78 is 38.3. The maximum absolute atomic E-state index is 13.0. The van der Waals surface area contributed by atoms with E-state index in [2.05, 4.69) is 4.98 Å². The molecule has 1 unspecified atom stereocenters. The Hall–Kier alpha value is -1.54. The highest BCUT2D eigenvalue weighted by atomic mass is 32.2. The summed E-state index contributed by atoms with van der Waals surface area (Å²) in [6, 6.07) is 0.899. The second-order valence-electron chi connectivity index (χ2n) is 4.55. The zero-order chi connectivity index (χ0) is 14.2. The molecule has 0 radical (unpaired) electrons. The molecule has 0 aromatic carbocycles. The van der Waals surface area contributed by atoms with Gasteiger partial charge in [-0.25, -0.2) is 12.8 Å². The number of nitrogens with zero attached hydrogens (tertiary/aromatic N) is 2. The normalized spacial score (nSPS) is 18.8. The topological polar surface area (TPSA) is 87.6 Å². The number of hydrogen-bond acceptors (Lipinski definition) is 4. The fraction of sp³-hybridized carbons (Fsp3) is 0.455. The quantitative estimate of drug-likeness (QED) is 0.874. The van der Waals surface area contributed by atoms with E-state index in [-0.39, 0.29) is 23.9 Å². The predicted octanol–water partition coefficient (Wildman–Crippen LogP) is 0.562. The zero-order valence-corrected chi connectivity index (χ0v) is 11.0. The van der Waals surface area contributed by atoms with Gasteiger partial charge < -0.3 is 5.11 Å². The molecular formula is C11H13FN2O4S. The van der Waals surface area contributed by atoms with E-state index in [0.29, 0.717) is 0 Å². The van der Waals surface area contributed by atoms with Crippen LogP contribution >= 0.6 is 0 Å². The fourth-order valence-corrected chi connectivity index (χ4v) is 3.40. The maximum Gasteiger partial charge on any atom is 0.306 e. The lowest BCUT2D eigenvalue weighted by Gasteiger charge is -2.39. The maximum atomic E-state index is 13.0. The monoisotopic (exact) mass is 288 g/mol. The van der Waals surface area contributed by atoms with E-state index in [1.165, 1.54) is 0 Å². The van der Waals surface area contributed by atoms with Gasteiger partial charge in [0.2, 0.25) is 10.0 Å². The fourth-order valence-electron chi connectivity index (χ4n) is 1.87. The van der Waals surface area contributed by atoms with E-state index in [4.69, 9.17) is 5.11 Å². The molecule has 8 heteroatoms. The third-order valence-corrected chi connectivity index (χ3v) is 5.09. The van der Waals surface area contributed by atoms with Gasteiger partial charge in [0, 0.05) is 19.3 Å². The molecule has 1 saturated heterocycles. The minimum absolute atomic E-state index is 0.131. The molecule has 0 aliphatic carbocycles. The van der Waals surface area contributed by atoms with E-state index in [1.807, 2.05) is 0 Å². The summed E-state index contributed by atoms with van der Waals surface area (Å²) in [5, 5.41) is 8.83. The molecule has 0 bridgehead atoms. The third kappa shape index (κ3) is 2.59. The lowest BCUT2D eigenvalue weighted by Crippen LogP contribution is -2.53. The number of hydrogen-bond donors (Lipinski definition) is 1. The Bertz CT molecular complexity index is 598. The summed E-state index contributed by atoms with van der Waals surface area (Å²) in [6.07, 6.45) is 2.00. The Morgan fingerprint density at radius 1 is 1.53 bits per heavy atom. The van der Waals surface area contributed by atoms with Crippen LogP contribution in [0.1, 0.15) is 6.92 Å². The molecule has 6 nitrogen and oxygen atoms in total. The van der Waals surface area contributed by atoms with E-state index in [9.17, 15) is 17.6 Å². The Balaban J connectivity index is 2.11. The van der Waals surface area contributed by atoms with Gasteiger partial charge in [-0.1, -0.05) is 6.92 Å². The lowest BCUT2D eigenvalue weighted by molar-refractivity contribution is -0.144. The Morgan fingerprint density at radius 2 is 2.16 bits per heavy atom. The summed E-state index contributed by atoms with van der Waals surface area (Å²) >= 11 is 0. The third-order valence-electron chi connectivity index (χ3n) is 3.29. The van der Waals surface area contributed by atoms with E-state index in [0.717, 1.165) is 22.8 Å². The van der Waals surface area contributed by atoms with Gasteiger partial charge in [0.05, 0.1) is 12.1 Å². The predicted molar refractivity (Wildman–Crippen MR) is 63.2 cm³/mol. The molecule has 1 N–H and O–H groups in total. The summed E-state index contributed by atoms with van der Waals surface area (Å²) in [5.74, 6) is -2.49. The van der Waals surface area contributed by atoms with Gasteiger partial charge in [-0.2, -0.15) is 4.31 Å². The first-order chi connectivity index (χ1) is 8.82. The van der Waals surface area contributed by atoms with Crippen molar-refractivity contribution in [3.63, 3.8) is 0 Å². The average Bonchev–Trinajstić information content (AvgIpc) is 2.26. The van der Waals surface area contributed by atoms with Crippen LogP contribution in [0.15, 0.2) is 23.4 Å². The molecular weight excluding hydrogens is 275 g/mol. The highest BCUT2D eigenvalue weighted by Gasteiger charge is 2.41.